The Kier molecular flexibility index (Phi) is 6.23. The lowest BCUT2D eigenvalue weighted by Crippen LogP contribution is -2.29. The van der Waals surface area contributed by atoms with E-state index in [1.165, 1.54) is 24.0 Å². The lowest BCUT2D eigenvalue weighted by Gasteiger charge is -2.21. The molecule has 1 aromatic rings. The number of benzene rings is 1. The summed E-state index contributed by atoms with van der Waals surface area (Å²) in [5, 5.41) is 0. The average molecular weight is 234 g/mol. The largest absolute Gasteiger partial charge is 0.323 e. The first-order valence-corrected chi connectivity index (χ1v) is 6.70. The Morgan fingerprint density at radius 1 is 1.12 bits per heavy atom. The van der Waals surface area contributed by atoms with E-state index in [1.54, 1.807) is 0 Å². The third-order valence-electron chi connectivity index (χ3n) is 3.06. The SMILES string of the molecule is CCCc1ccc(C(N)CN(C)CCC)cc1. The van der Waals surface area contributed by atoms with Crippen molar-refractivity contribution < 1.29 is 0 Å². The molecule has 1 aromatic carbocycles. The van der Waals surface area contributed by atoms with Crippen LogP contribution in [0.25, 0.3) is 0 Å². The van der Waals surface area contributed by atoms with Gasteiger partial charge in [0.05, 0.1) is 0 Å². The molecule has 2 nitrogen and oxygen atoms in total. The maximum atomic E-state index is 6.21. The molecule has 0 fully saturated rings. The van der Waals surface area contributed by atoms with Crippen LogP contribution in [-0.4, -0.2) is 25.0 Å². The molecule has 1 unspecified atom stereocenters. The lowest BCUT2D eigenvalue weighted by atomic mass is 10.0. The lowest BCUT2D eigenvalue weighted by molar-refractivity contribution is 0.313. The van der Waals surface area contributed by atoms with E-state index in [4.69, 9.17) is 5.73 Å². The van der Waals surface area contributed by atoms with Crippen molar-refractivity contribution in [3.63, 3.8) is 0 Å². The quantitative estimate of drug-likeness (QED) is 0.786. The number of hydrogen-bond acceptors (Lipinski definition) is 2. The highest BCUT2D eigenvalue weighted by molar-refractivity contribution is 5.25. The third kappa shape index (κ3) is 4.88. The van der Waals surface area contributed by atoms with Crippen molar-refractivity contribution >= 4 is 0 Å². The van der Waals surface area contributed by atoms with Gasteiger partial charge in [-0.1, -0.05) is 44.5 Å². The van der Waals surface area contributed by atoms with Crippen LogP contribution in [-0.2, 0) is 6.42 Å². The third-order valence-corrected chi connectivity index (χ3v) is 3.06. The molecule has 1 rings (SSSR count). The molecule has 2 N–H and O–H groups in total. The first-order valence-electron chi connectivity index (χ1n) is 6.70. The zero-order valence-electron chi connectivity index (χ0n) is 11.4. The minimum Gasteiger partial charge on any atom is -0.323 e. The van der Waals surface area contributed by atoms with Gasteiger partial charge in [0.1, 0.15) is 0 Å². The maximum Gasteiger partial charge on any atom is 0.0424 e. The van der Waals surface area contributed by atoms with Gasteiger partial charge in [-0.25, -0.2) is 0 Å². The zero-order chi connectivity index (χ0) is 12.7. The number of nitrogens with zero attached hydrogens (tertiary/aromatic N) is 1. The standard InChI is InChI=1S/C15H26N2/c1-4-6-13-7-9-14(10-8-13)15(16)12-17(3)11-5-2/h7-10,15H,4-6,11-12,16H2,1-3H3. The Labute approximate surface area is 106 Å². The van der Waals surface area contributed by atoms with E-state index >= 15 is 0 Å². The highest BCUT2D eigenvalue weighted by atomic mass is 15.1. The van der Waals surface area contributed by atoms with Crippen molar-refractivity contribution in [2.45, 2.75) is 39.2 Å². The molecule has 96 valence electrons. The molecule has 0 aliphatic rings. The van der Waals surface area contributed by atoms with Crippen LogP contribution in [0, 0.1) is 0 Å². The summed E-state index contributed by atoms with van der Waals surface area (Å²) in [5.74, 6) is 0. The fourth-order valence-electron chi connectivity index (χ4n) is 2.13. The second-order valence-corrected chi connectivity index (χ2v) is 4.86. The predicted octanol–water partition coefficient (Wildman–Crippen LogP) is 2.98. The summed E-state index contributed by atoms with van der Waals surface area (Å²) in [6, 6.07) is 8.89. The van der Waals surface area contributed by atoms with Crippen molar-refractivity contribution in [1.82, 2.24) is 4.90 Å². The summed E-state index contributed by atoms with van der Waals surface area (Å²) in [6.07, 6.45) is 3.54. The van der Waals surface area contributed by atoms with Gasteiger partial charge in [0.2, 0.25) is 0 Å². The first-order chi connectivity index (χ1) is 8.17. The molecule has 2 heteroatoms. The van der Waals surface area contributed by atoms with Crippen molar-refractivity contribution in [2.75, 3.05) is 20.1 Å². The first kappa shape index (κ1) is 14.2. The van der Waals surface area contributed by atoms with E-state index in [1.807, 2.05) is 0 Å². The Morgan fingerprint density at radius 2 is 1.76 bits per heavy atom. The van der Waals surface area contributed by atoms with Gasteiger partial charge in [0.25, 0.3) is 0 Å². The molecule has 0 aromatic heterocycles. The molecule has 0 radical (unpaired) electrons. The van der Waals surface area contributed by atoms with Gasteiger partial charge < -0.3 is 10.6 Å². The topological polar surface area (TPSA) is 29.3 Å². The molecule has 0 amide bonds. The van der Waals surface area contributed by atoms with Crippen LogP contribution < -0.4 is 5.73 Å². The Balaban J connectivity index is 2.53. The maximum absolute atomic E-state index is 6.21. The van der Waals surface area contributed by atoms with Gasteiger partial charge >= 0.3 is 0 Å². The molecule has 0 saturated carbocycles. The summed E-state index contributed by atoms with van der Waals surface area (Å²) in [5.41, 5.74) is 8.86. The van der Waals surface area contributed by atoms with Gasteiger partial charge in [-0.05, 0) is 37.6 Å². The van der Waals surface area contributed by atoms with Crippen molar-refractivity contribution in [2.24, 2.45) is 5.73 Å². The van der Waals surface area contributed by atoms with E-state index in [9.17, 15) is 0 Å². The average Bonchev–Trinajstić information content (AvgIpc) is 2.30. The predicted molar refractivity (Wildman–Crippen MR) is 75.2 cm³/mol. The number of aryl methyl sites for hydroxylation is 1. The highest BCUT2D eigenvalue weighted by Crippen LogP contribution is 2.13. The van der Waals surface area contributed by atoms with Crippen LogP contribution in [0.3, 0.4) is 0 Å². The molecular formula is C15H26N2. The van der Waals surface area contributed by atoms with Gasteiger partial charge in [-0.2, -0.15) is 0 Å². The molecule has 0 spiro atoms. The summed E-state index contributed by atoms with van der Waals surface area (Å²) >= 11 is 0. The molecule has 0 aliphatic heterocycles. The van der Waals surface area contributed by atoms with Crippen LogP contribution in [0.4, 0.5) is 0 Å². The highest BCUT2D eigenvalue weighted by Gasteiger charge is 2.08. The molecule has 0 bridgehead atoms. The summed E-state index contributed by atoms with van der Waals surface area (Å²) in [4.78, 5) is 2.30. The van der Waals surface area contributed by atoms with E-state index in [-0.39, 0.29) is 6.04 Å². The molecule has 17 heavy (non-hydrogen) atoms. The van der Waals surface area contributed by atoms with Crippen molar-refractivity contribution in [3.8, 4) is 0 Å². The van der Waals surface area contributed by atoms with Gasteiger partial charge in [0.15, 0.2) is 0 Å². The van der Waals surface area contributed by atoms with Gasteiger partial charge in [0, 0.05) is 12.6 Å². The molecule has 0 heterocycles. The second kappa shape index (κ2) is 7.46. The minimum atomic E-state index is 0.127. The van der Waals surface area contributed by atoms with E-state index < -0.39 is 0 Å². The fourth-order valence-corrected chi connectivity index (χ4v) is 2.13. The number of likely N-dealkylation sites (N-methyl/N-ethyl adjacent to an activating group) is 1. The smallest absolute Gasteiger partial charge is 0.0424 e. The van der Waals surface area contributed by atoms with Crippen molar-refractivity contribution in [1.29, 1.82) is 0 Å². The normalized spacial score (nSPS) is 13.0. The molecule has 1 atom stereocenters. The number of hydrogen-bond donors (Lipinski definition) is 1. The summed E-state index contributed by atoms with van der Waals surface area (Å²) < 4.78 is 0. The Bertz CT molecular complexity index is 305. The fraction of sp³-hybridized carbons (Fsp3) is 0.600. The van der Waals surface area contributed by atoms with Crippen LogP contribution in [0.1, 0.15) is 43.9 Å². The van der Waals surface area contributed by atoms with Crippen LogP contribution >= 0.6 is 0 Å². The number of rotatable bonds is 7. The van der Waals surface area contributed by atoms with E-state index in [0.717, 1.165) is 19.5 Å². The Hall–Kier alpha value is -0.860. The summed E-state index contributed by atoms with van der Waals surface area (Å²) in [6.45, 7) is 6.45. The second-order valence-electron chi connectivity index (χ2n) is 4.86. The van der Waals surface area contributed by atoms with Crippen LogP contribution in [0.2, 0.25) is 0 Å². The van der Waals surface area contributed by atoms with Gasteiger partial charge in [-0.3, -0.25) is 0 Å². The number of nitrogens with two attached hydrogens (primary N) is 1. The molecule has 0 aliphatic carbocycles. The molecular weight excluding hydrogens is 208 g/mol. The van der Waals surface area contributed by atoms with E-state index in [0.29, 0.717) is 0 Å². The zero-order valence-corrected chi connectivity index (χ0v) is 11.4. The summed E-state index contributed by atoms with van der Waals surface area (Å²) in [7, 11) is 2.13. The van der Waals surface area contributed by atoms with Crippen LogP contribution in [0.15, 0.2) is 24.3 Å². The minimum absolute atomic E-state index is 0.127. The van der Waals surface area contributed by atoms with E-state index in [2.05, 4.69) is 50.1 Å². The molecule has 0 saturated heterocycles. The monoisotopic (exact) mass is 234 g/mol. The Morgan fingerprint density at radius 3 is 2.29 bits per heavy atom. The van der Waals surface area contributed by atoms with Crippen LogP contribution in [0.5, 0.6) is 0 Å². The van der Waals surface area contributed by atoms with Crippen molar-refractivity contribution in [3.05, 3.63) is 35.4 Å². The van der Waals surface area contributed by atoms with Gasteiger partial charge in [-0.15, -0.1) is 0 Å².